The van der Waals surface area contributed by atoms with Gasteiger partial charge in [0.05, 0.1) is 13.0 Å². The lowest BCUT2D eigenvalue weighted by molar-refractivity contribution is -0.140. The molecule has 2 atom stereocenters. The lowest BCUT2D eigenvalue weighted by Crippen LogP contribution is -2.51. The lowest BCUT2D eigenvalue weighted by atomic mass is 9.98. The first-order valence-corrected chi connectivity index (χ1v) is 15.5. The number of urea groups is 1. The van der Waals surface area contributed by atoms with Crippen LogP contribution in [-0.4, -0.2) is 54.2 Å². The molecule has 240 valence electrons. The number of carbonyl (C=O) groups is 3. The van der Waals surface area contributed by atoms with E-state index in [4.69, 9.17) is 9.47 Å². The van der Waals surface area contributed by atoms with Crippen LogP contribution in [0.15, 0.2) is 109 Å². The molecular weight excluding hydrogens is 580 g/mol. The number of carbonyl (C=O) groups excluding carboxylic acids is 2. The van der Waals surface area contributed by atoms with Crippen molar-refractivity contribution in [1.82, 2.24) is 10.2 Å². The molecule has 8 nitrogen and oxygen atoms in total. The molecule has 2 N–H and O–H groups in total. The molecule has 0 heterocycles. The average Bonchev–Trinajstić information content (AvgIpc) is 3.07. The molecular formula is C38H42N2O6. The molecule has 1 unspecified atom stereocenters. The standard InChI is InChI=1S/C38H42N2O6/c1-27(2)25-40(38(44)39-33(36(41)42)24-29-19-21-31(22-20-29)30-14-8-5-9-15-30)26-32(23-18-28-12-6-4-7-13-28)37(43)46-35-17-11-10-16-34(35)45-3/h4-17,19-22,27,32-33H,18,23-26H2,1-3H3,(H,39,44)(H,41,42)/t32?,33-/m0/s1. The van der Waals surface area contributed by atoms with Crippen molar-refractivity contribution in [2.24, 2.45) is 11.8 Å². The van der Waals surface area contributed by atoms with Crippen molar-refractivity contribution < 1.29 is 29.0 Å². The van der Waals surface area contributed by atoms with E-state index in [9.17, 15) is 19.5 Å². The van der Waals surface area contributed by atoms with Crippen LogP contribution in [0.3, 0.4) is 0 Å². The molecule has 0 radical (unpaired) electrons. The second-order valence-corrected chi connectivity index (χ2v) is 11.7. The van der Waals surface area contributed by atoms with Gasteiger partial charge in [0.2, 0.25) is 0 Å². The van der Waals surface area contributed by atoms with Gasteiger partial charge >= 0.3 is 18.0 Å². The second kappa shape index (κ2) is 16.8. The molecule has 0 aliphatic rings. The Labute approximate surface area is 271 Å². The summed E-state index contributed by atoms with van der Waals surface area (Å²) in [7, 11) is 1.50. The molecule has 8 heteroatoms. The third-order valence-electron chi connectivity index (χ3n) is 7.65. The normalized spacial score (nSPS) is 12.2. The van der Waals surface area contributed by atoms with Crippen LogP contribution in [0.2, 0.25) is 0 Å². The number of ether oxygens (including phenoxy) is 2. The number of rotatable bonds is 15. The van der Waals surface area contributed by atoms with Crippen molar-refractivity contribution >= 4 is 18.0 Å². The number of methoxy groups -OCH3 is 1. The molecule has 0 aromatic heterocycles. The highest BCUT2D eigenvalue weighted by atomic mass is 16.6. The van der Waals surface area contributed by atoms with Crippen LogP contribution in [0.25, 0.3) is 11.1 Å². The van der Waals surface area contributed by atoms with E-state index in [1.54, 1.807) is 24.3 Å². The van der Waals surface area contributed by atoms with Crippen LogP contribution in [-0.2, 0) is 22.4 Å². The van der Waals surface area contributed by atoms with Gasteiger partial charge < -0.3 is 24.8 Å². The number of carboxylic acids is 1. The summed E-state index contributed by atoms with van der Waals surface area (Å²) in [5, 5.41) is 12.8. The van der Waals surface area contributed by atoms with Gasteiger partial charge in [0.25, 0.3) is 0 Å². The van der Waals surface area contributed by atoms with Gasteiger partial charge in [-0.15, -0.1) is 0 Å². The van der Waals surface area contributed by atoms with Gasteiger partial charge in [-0.1, -0.05) is 111 Å². The number of esters is 1. The summed E-state index contributed by atoms with van der Waals surface area (Å²) in [4.78, 5) is 41.1. The van der Waals surface area contributed by atoms with Gasteiger partial charge in [-0.05, 0) is 53.1 Å². The summed E-state index contributed by atoms with van der Waals surface area (Å²) < 4.78 is 11.2. The molecule has 0 spiro atoms. The quantitative estimate of drug-likeness (QED) is 0.111. The van der Waals surface area contributed by atoms with E-state index >= 15 is 0 Å². The SMILES string of the molecule is COc1ccccc1OC(=O)C(CCc1ccccc1)CN(CC(C)C)C(=O)N[C@@H](Cc1ccc(-c2ccccc2)cc1)C(=O)O. The van der Waals surface area contributed by atoms with Crippen molar-refractivity contribution in [2.45, 2.75) is 39.2 Å². The van der Waals surface area contributed by atoms with Crippen molar-refractivity contribution in [1.29, 1.82) is 0 Å². The second-order valence-electron chi connectivity index (χ2n) is 11.7. The molecule has 46 heavy (non-hydrogen) atoms. The fourth-order valence-corrected chi connectivity index (χ4v) is 5.25. The van der Waals surface area contributed by atoms with Crippen molar-refractivity contribution in [3.63, 3.8) is 0 Å². The molecule has 2 amide bonds. The number of hydrogen-bond donors (Lipinski definition) is 2. The topological polar surface area (TPSA) is 105 Å². The van der Waals surface area contributed by atoms with Crippen molar-refractivity contribution in [3.8, 4) is 22.6 Å². The molecule has 4 aromatic carbocycles. The summed E-state index contributed by atoms with van der Waals surface area (Å²) in [6.45, 7) is 4.32. The highest BCUT2D eigenvalue weighted by molar-refractivity contribution is 5.83. The summed E-state index contributed by atoms with van der Waals surface area (Å²) in [6.07, 6.45) is 1.13. The Bertz CT molecular complexity index is 1560. The van der Waals surface area contributed by atoms with E-state index in [0.29, 0.717) is 30.9 Å². The summed E-state index contributed by atoms with van der Waals surface area (Å²) in [6, 6.07) is 32.6. The van der Waals surface area contributed by atoms with E-state index in [1.807, 2.05) is 98.8 Å². The Morgan fingerprint density at radius 1 is 0.739 bits per heavy atom. The van der Waals surface area contributed by atoms with Gasteiger partial charge in [-0.25, -0.2) is 9.59 Å². The Balaban J connectivity index is 1.50. The Morgan fingerprint density at radius 2 is 1.33 bits per heavy atom. The number of nitrogens with one attached hydrogen (secondary N) is 1. The number of aliphatic carboxylic acids is 1. The number of carboxylic acid groups (broad SMARTS) is 1. The van der Waals surface area contributed by atoms with Crippen LogP contribution < -0.4 is 14.8 Å². The van der Waals surface area contributed by atoms with E-state index in [0.717, 1.165) is 22.3 Å². The van der Waals surface area contributed by atoms with Crippen LogP contribution in [0.5, 0.6) is 11.5 Å². The Kier molecular flexibility index (Phi) is 12.4. The van der Waals surface area contributed by atoms with E-state index in [-0.39, 0.29) is 18.9 Å². The molecule has 4 aromatic rings. The highest BCUT2D eigenvalue weighted by Gasteiger charge is 2.30. The summed E-state index contributed by atoms with van der Waals surface area (Å²) in [5.74, 6) is -1.51. The maximum absolute atomic E-state index is 13.7. The van der Waals surface area contributed by atoms with Crippen LogP contribution >= 0.6 is 0 Å². The number of para-hydroxylation sites is 2. The molecule has 0 aliphatic heterocycles. The number of nitrogens with zero attached hydrogens (tertiary/aromatic N) is 1. The first-order chi connectivity index (χ1) is 22.2. The first kappa shape index (κ1) is 33.8. The van der Waals surface area contributed by atoms with E-state index in [2.05, 4.69) is 5.32 Å². The summed E-state index contributed by atoms with van der Waals surface area (Å²) in [5.41, 5.74) is 3.92. The number of amides is 2. The minimum atomic E-state index is -1.16. The molecule has 0 aliphatic carbocycles. The van der Waals surface area contributed by atoms with E-state index < -0.39 is 29.9 Å². The summed E-state index contributed by atoms with van der Waals surface area (Å²) >= 11 is 0. The van der Waals surface area contributed by atoms with Gasteiger partial charge in [0, 0.05) is 19.5 Å². The maximum atomic E-state index is 13.7. The number of benzene rings is 4. The number of hydrogen-bond acceptors (Lipinski definition) is 5. The third kappa shape index (κ3) is 9.95. The average molecular weight is 623 g/mol. The molecule has 4 rings (SSSR count). The number of aryl methyl sites for hydroxylation is 1. The van der Waals surface area contributed by atoms with Crippen molar-refractivity contribution in [2.75, 3.05) is 20.2 Å². The zero-order valence-corrected chi connectivity index (χ0v) is 26.6. The van der Waals surface area contributed by atoms with Gasteiger partial charge in [-0.2, -0.15) is 0 Å². The third-order valence-corrected chi connectivity index (χ3v) is 7.65. The largest absolute Gasteiger partial charge is 0.493 e. The lowest BCUT2D eigenvalue weighted by Gasteiger charge is -2.30. The molecule has 0 saturated carbocycles. The molecule has 0 saturated heterocycles. The smallest absolute Gasteiger partial charge is 0.326 e. The Morgan fingerprint density at radius 3 is 1.93 bits per heavy atom. The van der Waals surface area contributed by atoms with Crippen molar-refractivity contribution in [3.05, 3.63) is 120 Å². The zero-order chi connectivity index (χ0) is 32.9. The Hall–Kier alpha value is -5.11. The molecule has 0 fully saturated rings. The monoisotopic (exact) mass is 622 g/mol. The van der Waals surface area contributed by atoms with Crippen LogP contribution in [0.4, 0.5) is 4.79 Å². The van der Waals surface area contributed by atoms with Crippen LogP contribution in [0.1, 0.15) is 31.4 Å². The van der Waals surface area contributed by atoms with Crippen LogP contribution in [0, 0.1) is 11.8 Å². The maximum Gasteiger partial charge on any atom is 0.326 e. The van der Waals surface area contributed by atoms with E-state index in [1.165, 1.54) is 12.0 Å². The first-order valence-electron chi connectivity index (χ1n) is 15.5. The van der Waals surface area contributed by atoms with Gasteiger partial charge in [0.1, 0.15) is 6.04 Å². The fraction of sp³-hybridized carbons (Fsp3) is 0.289. The highest BCUT2D eigenvalue weighted by Crippen LogP contribution is 2.28. The fourth-order valence-electron chi connectivity index (χ4n) is 5.25. The zero-order valence-electron chi connectivity index (χ0n) is 26.6. The molecule has 0 bridgehead atoms. The van der Waals surface area contributed by atoms with Gasteiger partial charge in [-0.3, -0.25) is 4.79 Å². The minimum absolute atomic E-state index is 0.0585. The predicted octanol–water partition coefficient (Wildman–Crippen LogP) is 6.88. The van der Waals surface area contributed by atoms with Gasteiger partial charge in [0.15, 0.2) is 11.5 Å². The predicted molar refractivity (Wildman–Crippen MR) is 179 cm³/mol. The minimum Gasteiger partial charge on any atom is -0.493 e.